The van der Waals surface area contributed by atoms with E-state index in [1.54, 1.807) is 56.5 Å². The fourth-order valence-electron chi connectivity index (χ4n) is 2.33. The first-order valence-corrected chi connectivity index (χ1v) is 8.90. The Kier molecular flexibility index (Phi) is 7.64. The van der Waals surface area contributed by atoms with Gasteiger partial charge in [0, 0.05) is 18.7 Å². The topological polar surface area (TPSA) is 76.7 Å². The summed E-state index contributed by atoms with van der Waals surface area (Å²) in [5.74, 6) is -0.102. The van der Waals surface area contributed by atoms with Gasteiger partial charge in [-0.2, -0.15) is 0 Å². The van der Waals surface area contributed by atoms with Crippen LogP contribution in [0.2, 0.25) is 5.02 Å². The molecule has 2 N–H and O–H groups in total. The Labute approximate surface area is 163 Å². The number of carbonyl (C=O) groups excluding carboxylic acids is 2. The van der Waals surface area contributed by atoms with Crippen molar-refractivity contribution in [3.8, 4) is 5.75 Å². The number of carbonyl (C=O) groups is 2. The van der Waals surface area contributed by atoms with Crippen LogP contribution in [0.1, 0.15) is 22.8 Å². The van der Waals surface area contributed by atoms with Crippen LogP contribution in [0, 0.1) is 6.92 Å². The van der Waals surface area contributed by atoms with Crippen molar-refractivity contribution in [3.05, 3.63) is 58.6 Å². The summed E-state index contributed by atoms with van der Waals surface area (Å²) in [5.41, 5.74) is 1.65. The predicted octanol–water partition coefficient (Wildman–Crippen LogP) is 3.43. The third-order valence-electron chi connectivity index (χ3n) is 3.83. The number of nitrogens with one attached hydrogen (secondary N) is 2. The maximum absolute atomic E-state index is 12.5. The SMILES string of the molecule is COCCNC(=O)c1ccccc1NC(=O)[C@@H](C)Oc1ccc(Cl)c(C)c1. The van der Waals surface area contributed by atoms with Crippen LogP contribution in [0.15, 0.2) is 42.5 Å². The second-order valence-electron chi connectivity index (χ2n) is 5.95. The molecular formula is C20H23ClN2O4. The molecule has 0 aliphatic heterocycles. The standard InChI is InChI=1S/C20H23ClN2O4/c1-13-12-15(8-9-17(13)21)27-14(2)19(24)23-18-7-5-4-6-16(18)20(25)22-10-11-26-3/h4-9,12,14H,10-11H2,1-3H3,(H,22,25)(H,23,24)/t14-/m1/s1. The number of methoxy groups -OCH3 is 1. The van der Waals surface area contributed by atoms with Crippen LogP contribution in [-0.4, -0.2) is 38.2 Å². The van der Waals surface area contributed by atoms with Gasteiger partial charge in [0.05, 0.1) is 17.9 Å². The zero-order valence-electron chi connectivity index (χ0n) is 15.5. The second-order valence-corrected chi connectivity index (χ2v) is 6.36. The molecule has 144 valence electrons. The third-order valence-corrected chi connectivity index (χ3v) is 4.26. The summed E-state index contributed by atoms with van der Waals surface area (Å²) in [6.07, 6.45) is -0.754. The molecule has 0 saturated carbocycles. The highest BCUT2D eigenvalue weighted by atomic mass is 35.5. The van der Waals surface area contributed by atoms with Crippen molar-refractivity contribution in [1.82, 2.24) is 5.32 Å². The number of anilines is 1. The molecule has 2 rings (SSSR count). The van der Waals surface area contributed by atoms with E-state index in [0.29, 0.717) is 35.2 Å². The number of hydrogen-bond acceptors (Lipinski definition) is 4. The molecule has 7 heteroatoms. The van der Waals surface area contributed by atoms with Gasteiger partial charge in [-0.25, -0.2) is 0 Å². The Hall–Kier alpha value is -2.57. The smallest absolute Gasteiger partial charge is 0.265 e. The molecule has 0 saturated heterocycles. The first kappa shape index (κ1) is 20.7. The molecule has 0 aromatic heterocycles. The first-order chi connectivity index (χ1) is 12.9. The Morgan fingerprint density at radius 2 is 1.93 bits per heavy atom. The number of para-hydroxylation sites is 1. The van der Waals surface area contributed by atoms with Gasteiger partial charge >= 0.3 is 0 Å². The van der Waals surface area contributed by atoms with Crippen LogP contribution in [0.25, 0.3) is 0 Å². The zero-order valence-corrected chi connectivity index (χ0v) is 16.3. The fraction of sp³-hybridized carbons (Fsp3) is 0.300. The average Bonchev–Trinajstić information content (AvgIpc) is 2.65. The van der Waals surface area contributed by atoms with Crippen molar-refractivity contribution in [3.63, 3.8) is 0 Å². The van der Waals surface area contributed by atoms with Gasteiger partial charge in [-0.1, -0.05) is 23.7 Å². The van der Waals surface area contributed by atoms with Crippen LogP contribution in [-0.2, 0) is 9.53 Å². The van der Waals surface area contributed by atoms with E-state index in [-0.39, 0.29) is 11.8 Å². The van der Waals surface area contributed by atoms with Crippen LogP contribution in [0.5, 0.6) is 5.75 Å². The van der Waals surface area contributed by atoms with Crippen molar-refractivity contribution in [1.29, 1.82) is 0 Å². The van der Waals surface area contributed by atoms with Gasteiger partial charge in [0.2, 0.25) is 0 Å². The molecule has 0 radical (unpaired) electrons. The molecule has 0 unspecified atom stereocenters. The van der Waals surface area contributed by atoms with E-state index in [2.05, 4.69) is 10.6 Å². The van der Waals surface area contributed by atoms with Gasteiger partial charge in [-0.3, -0.25) is 9.59 Å². The summed E-state index contributed by atoms with van der Waals surface area (Å²) in [5, 5.41) is 6.11. The van der Waals surface area contributed by atoms with Gasteiger partial charge in [0.25, 0.3) is 11.8 Å². The highest BCUT2D eigenvalue weighted by Gasteiger charge is 2.18. The molecular weight excluding hydrogens is 368 g/mol. The van der Waals surface area contributed by atoms with E-state index in [4.69, 9.17) is 21.1 Å². The van der Waals surface area contributed by atoms with E-state index in [0.717, 1.165) is 5.56 Å². The lowest BCUT2D eigenvalue weighted by molar-refractivity contribution is -0.122. The van der Waals surface area contributed by atoms with Crippen molar-refractivity contribution < 1.29 is 19.1 Å². The number of amides is 2. The monoisotopic (exact) mass is 390 g/mol. The number of aryl methyl sites for hydroxylation is 1. The summed E-state index contributed by atoms with van der Waals surface area (Å²) in [7, 11) is 1.56. The molecule has 2 aromatic carbocycles. The average molecular weight is 391 g/mol. The summed E-state index contributed by atoms with van der Waals surface area (Å²) in [6, 6.07) is 12.0. The van der Waals surface area contributed by atoms with Gasteiger partial charge in [-0.05, 0) is 49.7 Å². The molecule has 27 heavy (non-hydrogen) atoms. The van der Waals surface area contributed by atoms with Gasteiger partial charge < -0.3 is 20.1 Å². The maximum Gasteiger partial charge on any atom is 0.265 e. The molecule has 0 spiro atoms. The lowest BCUT2D eigenvalue weighted by atomic mass is 10.1. The van der Waals surface area contributed by atoms with E-state index in [9.17, 15) is 9.59 Å². The van der Waals surface area contributed by atoms with Crippen molar-refractivity contribution in [2.45, 2.75) is 20.0 Å². The molecule has 0 heterocycles. The highest BCUT2D eigenvalue weighted by Crippen LogP contribution is 2.22. The molecule has 6 nitrogen and oxygen atoms in total. The van der Waals surface area contributed by atoms with Crippen molar-refractivity contribution in [2.24, 2.45) is 0 Å². The summed E-state index contributed by atoms with van der Waals surface area (Å²) >= 11 is 6.00. The van der Waals surface area contributed by atoms with E-state index in [1.807, 2.05) is 6.92 Å². The van der Waals surface area contributed by atoms with Crippen molar-refractivity contribution >= 4 is 29.1 Å². The van der Waals surface area contributed by atoms with Crippen LogP contribution in [0.4, 0.5) is 5.69 Å². The van der Waals surface area contributed by atoms with Crippen molar-refractivity contribution in [2.75, 3.05) is 25.6 Å². The Bertz CT molecular complexity index is 810. The first-order valence-electron chi connectivity index (χ1n) is 8.52. The quantitative estimate of drug-likeness (QED) is 0.677. The van der Waals surface area contributed by atoms with E-state index in [1.165, 1.54) is 0 Å². The molecule has 0 bridgehead atoms. The zero-order chi connectivity index (χ0) is 19.8. The number of ether oxygens (including phenoxy) is 2. The normalized spacial score (nSPS) is 11.6. The Morgan fingerprint density at radius 1 is 1.19 bits per heavy atom. The minimum atomic E-state index is -0.754. The molecule has 2 aromatic rings. The van der Waals surface area contributed by atoms with E-state index < -0.39 is 6.10 Å². The summed E-state index contributed by atoms with van der Waals surface area (Å²) in [4.78, 5) is 24.8. The minimum absolute atomic E-state index is 0.287. The highest BCUT2D eigenvalue weighted by molar-refractivity contribution is 6.31. The Balaban J connectivity index is 2.04. The second kappa shape index (κ2) is 9.94. The van der Waals surface area contributed by atoms with Gasteiger partial charge in [0.1, 0.15) is 5.75 Å². The fourth-order valence-corrected chi connectivity index (χ4v) is 2.45. The molecule has 0 fully saturated rings. The summed E-state index contributed by atoms with van der Waals surface area (Å²) in [6.45, 7) is 4.29. The number of benzene rings is 2. The Morgan fingerprint density at radius 3 is 2.63 bits per heavy atom. The summed E-state index contributed by atoms with van der Waals surface area (Å²) < 4.78 is 10.6. The van der Waals surface area contributed by atoms with Gasteiger partial charge in [0.15, 0.2) is 6.10 Å². The lowest BCUT2D eigenvalue weighted by Gasteiger charge is -2.17. The number of halogens is 1. The minimum Gasteiger partial charge on any atom is -0.481 e. The predicted molar refractivity (Wildman–Crippen MR) is 106 cm³/mol. The number of hydrogen-bond donors (Lipinski definition) is 2. The molecule has 2 amide bonds. The van der Waals surface area contributed by atoms with Crippen LogP contribution in [0.3, 0.4) is 0 Å². The maximum atomic E-state index is 12.5. The van der Waals surface area contributed by atoms with Gasteiger partial charge in [-0.15, -0.1) is 0 Å². The number of rotatable bonds is 8. The van der Waals surface area contributed by atoms with Crippen LogP contribution >= 0.6 is 11.6 Å². The van der Waals surface area contributed by atoms with Crippen LogP contribution < -0.4 is 15.4 Å². The van der Waals surface area contributed by atoms with E-state index >= 15 is 0 Å². The molecule has 0 aliphatic rings. The largest absolute Gasteiger partial charge is 0.481 e. The molecule has 1 atom stereocenters. The lowest BCUT2D eigenvalue weighted by Crippen LogP contribution is -2.32. The molecule has 0 aliphatic carbocycles. The third kappa shape index (κ3) is 5.98.